The Morgan fingerprint density at radius 1 is 1.00 bits per heavy atom. The zero-order chi connectivity index (χ0) is 16.9. The first-order valence-electron chi connectivity index (χ1n) is 7.60. The van der Waals surface area contributed by atoms with Gasteiger partial charge in [0, 0.05) is 19.7 Å². The van der Waals surface area contributed by atoms with Gasteiger partial charge in [-0.05, 0) is 12.1 Å². The van der Waals surface area contributed by atoms with Crippen LogP contribution >= 0.6 is 0 Å². The Bertz CT molecular complexity index is 852. The third kappa shape index (κ3) is 3.10. The van der Waals surface area contributed by atoms with Gasteiger partial charge in [0.05, 0.1) is 17.6 Å². The minimum absolute atomic E-state index is 0.475. The van der Waals surface area contributed by atoms with Crippen molar-refractivity contribution in [2.75, 3.05) is 14.1 Å². The molecule has 3 aromatic rings. The number of carbonyl (C=O) groups excluding carboxylic acids is 1. The van der Waals surface area contributed by atoms with E-state index in [1.807, 2.05) is 79.7 Å². The molecule has 0 aliphatic rings. The quantitative estimate of drug-likeness (QED) is 0.410. The smallest absolute Gasteiger partial charge is 0.168 e. The normalized spacial score (nSPS) is 10.9. The highest BCUT2D eigenvalue weighted by Gasteiger charge is 2.19. The van der Waals surface area contributed by atoms with Crippen LogP contribution in [0.3, 0.4) is 0 Å². The average Bonchev–Trinajstić information content (AvgIpc) is 3.00. The van der Waals surface area contributed by atoms with E-state index in [2.05, 4.69) is 10.1 Å². The molecule has 1 heterocycles. The Balaban J connectivity index is 2.24. The first-order valence-corrected chi connectivity index (χ1v) is 7.60. The maximum absolute atomic E-state index is 11.8. The van der Waals surface area contributed by atoms with Crippen molar-refractivity contribution < 1.29 is 4.79 Å². The molecule has 0 spiro atoms. The van der Waals surface area contributed by atoms with Gasteiger partial charge in [0.25, 0.3) is 0 Å². The number of rotatable bonds is 5. The van der Waals surface area contributed by atoms with Crippen molar-refractivity contribution in [1.82, 2.24) is 14.7 Å². The molecule has 1 aromatic heterocycles. The fourth-order valence-corrected chi connectivity index (χ4v) is 2.38. The van der Waals surface area contributed by atoms with E-state index < -0.39 is 0 Å². The highest BCUT2D eigenvalue weighted by Crippen LogP contribution is 2.31. The molecule has 0 N–H and O–H groups in total. The molecule has 0 saturated carbocycles. The van der Waals surface area contributed by atoms with E-state index >= 15 is 0 Å². The van der Waals surface area contributed by atoms with Crippen molar-refractivity contribution in [1.29, 1.82) is 0 Å². The molecule has 5 heteroatoms. The Kier molecular flexibility index (Phi) is 4.52. The maximum Gasteiger partial charge on any atom is 0.168 e. The van der Waals surface area contributed by atoms with Crippen LogP contribution in [-0.2, 0) is 0 Å². The minimum atomic E-state index is 0.475. The van der Waals surface area contributed by atoms with Crippen molar-refractivity contribution in [3.63, 3.8) is 0 Å². The molecule has 0 radical (unpaired) electrons. The van der Waals surface area contributed by atoms with Gasteiger partial charge in [0.2, 0.25) is 0 Å². The van der Waals surface area contributed by atoms with Crippen LogP contribution in [0.2, 0.25) is 0 Å². The SMILES string of the molecule is CN(C)C=Nc1c(C=O)c(-c2ccccc2)nn1-c1ccccc1. The van der Waals surface area contributed by atoms with Crippen LogP contribution in [0.5, 0.6) is 0 Å². The zero-order valence-corrected chi connectivity index (χ0v) is 13.6. The monoisotopic (exact) mass is 318 g/mol. The van der Waals surface area contributed by atoms with E-state index in [0.29, 0.717) is 17.1 Å². The lowest BCUT2D eigenvalue weighted by atomic mass is 10.1. The second kappa shape index (κ2) is 6.91. The maximum atomic E-state index is 11.8. The summed E-state index contributed by atoms with van der Waals surface area (Å²) in [5.41, 5.74) is 2.84. The van der Waals surface area contributed by atoms with E-state index in [-0.39, 0.29) is 0 Å². The number of hydrogen-bond donors (Lipinski definition) is 0. The largest absolute Gasteiger partial charge is 0.369 e. The van der Waals surface area contributed by atoms with Gasteiger partial charge in [0.1, 0.15) is 5.69 Å². The summed E-state index contributed by atoms with van der Waals surface area (Å²) < 4.78 is 1.70. The minimum Gasteiger partial charge on any atom is -0.369 e. The molecule has 0 fully saturated rings. The van der Waals surface area contributed by atoms with E-state index in [9.17, 15) is 4.79 Å². The van der Waals surface area contributed by atoms with Gasteiger partial charge in [-0.1, -0.05) is 48.5 Å². The van der Waals surface area contributed by atoms with Crippen molar-refractivity contribution >= 4 is 18.4 Å². The summed E-state index contributed by atoms with van der Waals surface area (Å²) in [4.78, 5) is 18.1. The molecule has 0 atom stereocenters. The lowest BCUT2D eigenvalue weighted by Crippen LogP contribution is -2.07. The van der Waals surface area contributed by atoms with Crippen molar-refractivity contribution in [3.05, 3.63) is 66.2 Å². The van der Waals surface area contributed by atoms with Crippen LogP contribution in [0.25, 0.3) is 16.9 Å². The summed E-state index contributed by atoms with van der Waals surface area (Å²) in [6.45, 7) is 0. The van der Waals surface area contributed by atoms with Crippen LogP contribution in [0.4, 0.5) is 5.82 Å². The number of nitrogens with zero attached hydrogens (tertiary/aromatic N) is 4. The molecule has 0 saturated heterocycles. The number of carbonyl (C=O) groups is 1. The van der Waals surface area contributed by atoms with Gasteiger partial charge in [-0.15, -0.1) is 0 Å². The molecule has 24 heavy (non-hydrogen) atoms. The van der Waals surface area contributed by atoms with Crippen LogP contribution < -0.4 is 0 Å². The second-order valence-corrected chi connectivity index (χ2v) is 5.53. The molecule has 3 rings (SSSR count). The zero-order valence-electron chi connectivity index (χ0n) is 13.6. The first-order chi connectivity index (χ1) is 11.7. The Morgan fingerprint density at radius 2 is 1.62 bits per heavy atom. The fraction of sp³-hybridized carbons (Fsp3) is 0.105. The highest BCUT2D eigenvalue weighted by atomic mass is 16.1. The Labute approximate surface area is 140 Å². The molecule has 5 nitrogen and oxygen atoms in total. The third-order valence-electron chi connectivity index (χ3n) is 3.47. The van der Waals surface area contributed by atoms with Gasteiger partial charge in [-0.25, -0.2) is 9.67 Å². The lowest BCUT2D eigenvalue weighted by Gasteiger charge is -2.06. The van der Waals surface area contributed by atoms with Gasteiger partial charge in [-0.2, -0.15) is 5.10 Å². The fourth-order valence-electron chi connectivity index (χ4n) is 2.38. The molecule has 0 aliphatic carbocycles. The van der Waals surface area contributed by atoms with Crippen LogP contribution in [0.1, 0.15) is 10.4 Å². The standard InChI is InChI=1S/C19H18N4O/c1-22(2)14-20-19-17(13-24)18(15-9-5-3-6-10-15)21-23(19)16-11-7-4-8-12-16/h3-14H,1-2H3. The number of benzene rings is 2. The molecule has 0 aliphatic heterocycles. The van der Waals surface area contributed by atoms with E-state index in [1.54, 1.807) is 11.0 Å². The number of aromatic nitrogens is 2. The number of hydrogen-bond acceptors (Lipinski definition) is 3. The molecule has 0 unspecified atom stereocenters. The molecule has 0 amide bonds. The van der Waals surface area contributed by atoms with E-state index in [4.69, 9.17) is 0 Å². The highest BCUT2D eigenvalue weighted by molar-refractivity contribution is 5.92. The second-order valence-electron chi connectivity index (χ2n) is 5.53. The van der Waals surface area contributed by atoms with Crippen LogP contribution in [0.15, 0.2) is 65.7 Å². The van der Waals surface area contributed by atoms with Crippen molar-refractivity contribution in [2.45, 2.75) is 0 Å². The summed E-state index contributed by atoms with van der Waals surface area (Å²) in [5.74, 6) is 0.517. The number of aldehydes is 1. The molecular formula is C19H18N4O. The van der Waals surface area contributed by atoms with Crippen molar-refractivity contribution in [2.24, 2.45) is 4.99 Å². The number of para-hydroxylation sites is 1. The third-order valence-corrected chi connectivity index (χ3v) is 3.47. The summed E-state index contributed by atoms with van der Waals surface area (Å²) in [6, 6.07) is 19.3. The lowest BCUT2D eigenvalue weighted by molar-refractivity contribution is 0.112. The van der Waals surface area contributed by atoms with Gasteiger partial charge in [-0.3, -0.25) is 4.79 Å². The first kappa shape index (κ1) is 15.7. The average molecular weight is 318 g/mol. The summed E-state index contributed by atoms with van der Waals surface area (Å²) in [6.07, 6.45) is 2.48. The van der Waals surface area contributed by atoms with Crippen LogP contribution in [0, 0.1) is 0 Å². The predicted molar refractivity (Wildman–Crippen MR) is 96.2 cm³/mol. The summed E-state index contributed by atoms with van der Waals surface area (Å²) in [7, 11) is 3.76. The van der Waals surface area contributed by atoms with E-state index in [0.717, 1.165) is 17.5 Å². The van der Waals surface area contributed by atoms with Gasteiger partial charge in [0.15, 0.2) is 12.1 Å². The Hall–Kier alpha value is -3.21. The predicted octanol–water partition coefficient (Wildman–Crippen LogP) is 3.57. The Morgan fingerprint density at radius 3 is 2.21 bits per heavy atom. The van der Waals surface area contributed by atoms with Crippen molar-refractivity contribution in [3.8, 4) is 16.9 Å². The molecule has 0 bridgehead atoms. The number of aliphatic imine (C=N–C) groups is 1. The topological polar surface area (TPSA) is 50.5 Å². The molecular weight excluding hydrogens is 300 g/mol. The van der Waals surface area contributed by atoms with Crippen LogP contribution in [-0.4, -0.2) is 41.4 Å². The molecule has 2 aromatic carbocycles. The van der Waals surface area contributed by atoms with Gasteiger partial charge < -0.3 is 4.90 Å². The molecule has 120 valence electrons. The van der Waals surface area contributed by atoms with Gasteiger partial charge >= 0.3 is 0 Å². The van der Waals surface area contributed by atoms with E-state index in [1.165, 1.54) is 0 Å². The summed E-state index contributed by atoms with van der Waals surface area (Å²) in [5, 5.41) is 4.65. The summed E-state index contributed by atoms with van der Waals surface area (Å²) >= 11 is 0.